The Kier molecular flexibility index (Phi) is 4.29. The van der Waals surface area contributed by atoms with Crippen molar-refractivity contribution >= 4 is 28.5 Å². The second kappa shape index (κ2) is 6.15. The van der Waals surface area contributed by atoms with E-state index in [0.717, 1.165) is 17.5 Å². The van der Waals surface area contributed by atoms with Gasteiger partial charge in [0.05, 0.1) is 5.02 Å². The third-order valence-corrected chi connectivity index (χ3v) is 3.84. The predicted molar refractivity (Wildman–Crippen MR) is 93.9 cm³/mol. The van der Waals surface area contributed by atoms with Gasteiger partial charge in [-0.15, -0.1) is 0 Å². The quantitative estimate of drug-likeness (QED) is 0.529. The molecule has 0 N–H and O–H groups in total. The van der Waals surface area contributed by atoms with E-state index in [1.807, 2.05) is 0 Å². The van der Waals surface area contributed by atoms with Gasteiger partial charge < -0.3 is 4.74 Å². The Morgan fingerprint density at radius 1 is 1.08 bits per heavy atom. The van der Waals surface area contributed by atoms with E-state index in [0.29, 0.717) is 10.9 Å². The first kappa shape index (κ1) is 17.4. The first-order valence-corrected chi connectivity index (χ1v) is 8.02. The van der Waals surface area contributed by atoms with Gasteiger partial charge in [-0.3, -0.25) is 4.57 Å². The average Bonchev–Trinajstić information content (AvgIpc) is 2.87. The smallest absolute Gasteiger partial charge is 0.418 e. The van der Waals surface area contributed by atoms with Crippen LogP contribution in [0, 0.1) is 11.6 Å². The van der Waals surface area contributed by atoms with E-state index in [1.54, 1.807) is 51.4 Å². The van der Waals surface area contributed by atoms with Gasteiger partial charge in [-0.25, -0.2) is 13.6 Å². The molecule has 130 valence electrons. The van der Waals surface area contributed by atoms with Crippen LogP contribution >= 0.6 is 11.6 Å². The Labute approximate surface area is 148 Å². The third kappa shape index (κ3) is 3.66. The first-order valence-electron chi connectivity index (χ1n) is 7.64. The van der Waals surface area contributed by atoms with Gasteiger partial charge in [-0.05, 0) is 38.5 Å². The van der Waals surface area contributed by atoms with Crippen LogP contribution in [0.4, 0.5) is 13.6 Å². The van der Waals surface area contributed by atoms with Crippen LogP contribution in [0.15, 0.2) is 42.7 Å². The van der Waals surface area contributed by atoms with Gasteiger partial charge in [0.15, 0.2) is 0 Å². The molecular weight excluding hydrogens is 348 g/mol. The Morgan fingerprint density at radius 3 is 2.40 bits per heavy atom. The van der Waals surface area contributed by atoms with Gasteiger partial charge in [0.1, 0.15) is 17.2 Å². The van der Waals surface area contributed by atoms with Crippen molar-refractivity contribution in [1.29, 1.82) is 0 Å². The van der Waals surface area contributed by atoms with E-state index in [-0.39, 0.29) is 10.6 Å². The summed E-state index contributed by atoms with van der Waals surface area (Å²) in [4.78, 5) is 12.1. The molecule has 3 aromatic rings. The number of carbonyl (C=O) groups is 1. The van der Waals surface area contributed by atoms with Crippen molar-refractivity contribution in [3.05, 3.63) is 59.4 Å². The zero-order valence-electron chi connectivity index (χ0n) is 13.9. The largest absolute Gasteiger partial charge is 0.443 e. The molecule has 1 heterocycles. The van der Waals surface area contributed by atoms with Crippen molar-refractivity contribution in [3.63, 3.8) is 0 Å². The summed E-state index contributed by atoms with van der Waals surface area (Å²) in [6.45, 7) is 5.35. The lowest BCUT2D eigenvalue weighted by atomic mass is 10.0. The number of nitrogens with zero attached hydrogens (tertiary/aromatic N) is 1. The highest BCUT2D eigenvalue weighted by Gasteiger charge is 2.18. The van der Waals surface area contributed by atoms with E-state index < -0.39 is 23.3 Å². The van der Waals surface area contributed by atoms with E-state index in [1.165, 1.54) is 4.57 Å². The molecule has 0 saturated heterocycles. The number of aromatic nitrogens is 1. The number of hydrogen-bond acceptors (Lipinski definition) is 2. The van der Waals surface area contributed by atoms with Crippen LogP contribution in [0.3, 0.4) is 0 Å². The highest BCUT2D eigenvalue weighted by Crippen LogP contribution is 2.33. The molecule has 1 aromatic heterocycles. The lowest BCUT2D eigenvalue weighted by Crippen LogP contribution is -2.26. The summed E-state index contributed by atoms with van der Waals surface area (Å²) in [6, 6.07) is 6.96. The maximum absolute atomic E-state index is 14.1. The Bertz CT molecular complexity index is 950. The standard InChI is InChI=1S/C19H16ClF2NO2/c1-19(2,3)25-18(24)23-9-12-5-4-11(6-13(12)10-23)17-15(20)7-14(21)8-16(17)22/h4-10H,1-3H3. The third-order valence-electron chi connectivity index (χ3n) is 3.54. The summed E-state index contributed by atoms with van der Waals surface area (Å²) < 4.78 is 34.0. The predicted octanol–water partition coefficient (Wildman–Crippen LogP) is 6.02. The topological polar surface area (TPSA) is 31.2 Å². The number of ether oxygens (including phenoxy) is 1. The fraction of sp³-hybridized carbons (Fsp3) is 0.211. The molecule has 0 amide bonds. The average molecular weight is 364 g/mol. The van der Waals surface area contributed by atoms with Crippen molar-refractivity contribution in [3.8, 4) is 11.1 Å². The van der Waals surface area contributed by atoms with Crippen molar-refractivity contribution in [1.82, 2.24) is 4.57 Å². The van der Waals surface area contributed by atoms with Gasteiger partial charge in [0.2, 0.25) is 0 Å². The minimum atomic E-state index is -0.740. The summed E-state index contributed by atoms with van der Waals surface area (Å²) in [7, 11) is 0. The Morgan fingerprint density at radius 2 is 1.76 bits per heavy atom. The molecule has 3 rings (SSSR count). The van der Waals surface area contributed by atoms with Crippen LogP contribution < -0.4 is 0 Å². The number of benzene rings is 2. The van der Waals surface area contributed by atoms with Crippen molar-refractivity contribution in [2.75, 3.05) is 0 Å². The lowest BCUT2D eigenvalue weighted by Gasteiger charge is -2.19. The second-order valence-corrected chi connectivity index (χ2v) is 7.14. The van der Waals surface area contributed by atoms with Crippen LogP contribution in [0.25, 0.3) is 21.9 Å². The zero-order chi connectivity index (χ0) is 18.4. The van der Waals surface area contributed by atoms with Crippen molar-refractivity contribution in [2.24, 2.45) is 0 Å². The highest BCUT2D eigenvalue weighted by molar-refractivity contribution is 6.33. The molecule has 0 bridgehead atoms. The highest BCUT2D eigenvalue weighted by atomic mass is 35.5. The van der Waals surface area contributed by atoms with E-state index >= 15 is 0 Å². The molecule has 6 heteroatoms. The van der Waals surface area contributed by atoms with Gasteiger partial charge in [-0.2, -0.15) is 0 Å². The summed E-state index contributed by atoms with van der Waals surface area (Å²) >= 11 is 5.99. The minimum absolute atomic E-state index is 0.0107. The lowest BCUT2D eigenvalue weighted by molar-refractivity contribution is 0.0538. The van der Waals surface area contributed by atoms with Gasteiger partial charge >= 0.3 is 6.09 Å². The molecule has 0 aliphatic heterocycles. The molecule has 0 radical (unpaired) electrons. The fourth-order valence-electron chi connectivity index (χ4n) is 2.53. The monoisotopic (exact) mass is 363 g/mol. The van der Waals surface area contributed by atoms with E-state index in [2.05, 4.69) is 0 Å². The summed E-state index contributed by atoms with van der Waals surface area (Å²) in [5.74, 6) is -1.47. The molecule has 0 aliphatic carbocycles. The summed E-state index contributed by atoms with van der Waals surface area (Å²) in [5.41, 5.74) is 0.00985. The maximum Gasteiger partial charge on any atom is 0.418 e. The Hall–Kier alpha value is -2.40. The molecule has 0 aliphatic rings. The molecule has 2 aromatic carbocycles. The summed E-state index contributed by atoms with van der Waals surface area (Å²) in [6.07, 6.45) is 2.73. The normalized spacial score (nSPS) is 11.8. The van der Waals surface area contributed by atoms with Crippen LogP contribution in [0.2, 0.25) is 5.02 Å². The summed E-state index contributed by atoms with van der Waals surface area (Å²) in [5, 5.41) is 1.49. The van der Waals surface area contributed by atoms with E-state index in [4.69, 9.17) is 16.3 Å². The van der Waals surface area contributed by atoms with Gasteiger partial charge in [0, 0.05) is 34.8 Å². The first-order chi connectivity index (χ1) is 11.6. The second-order valence-electron chi connectivity index (χ2n) is 6.73. The zero-order valence-corrected chi connectivity index (χ0v) is 14.7. The van der Waals surface area contributed by atoms with Crippen molar-refractivity contribution < 1.29 is 18.3 Å². The SMILES string of the molecule is CC(C)(C)OC(=O)n1cc2ccc(-c3c(F)cc(F)cc3Cl)cc2c1. The fourth-order valence-corrected chi connectivity index (χ4v) is 2.84. The number of hydrogen-bond donors (Lipinski definition) is 0. The molecule has 0 spiro atoms. The number of rotatable bonds is 1. The van der Waals surface area contributed by atoms with Crippen LogP contribution in [0.1, 0.15) is 20.8 Å². The number of fused-ring (bicyclic) bond motifs is 1. The molecule has 0 atom stereocenters. The van der Waals surface area contributed by atoms with Crippen LogP contribution in [-0.2, 0) is 4.74 Å². The van der Waals surface area contributed by atoms with Gasteiger partial charge in [0.25, 0.3) is 0 Å². The van der Waals surface area contributed by atoms with Crippen molar-refractivity contribution in [2.45, 2.75) is 26.4 Å². The Balaban J connectivity index is 2.03. The molecule has 3 nitrogen and oxygen atoms in total. The molecule has 0 fully saturated rings. The van der Waals surface area contributed by atoms with Gasteiger partial charge in [-0.1, -0.05) is 23.7 Å². The van der Waals surface area contributed by atoms with E-state index in [9.17, 15) is 13.6 Å². The molecule has 0 unspecified atom stereocenters. The number of halogens is 3. The number of carbonyl (C=O) groups excluding carboxylic acids is 1. The minimum Gasteiger partial charge on any atom is -0.443 e. The molecule has 0 saturated carbocycles. The van der Waals surface area contributed by atoms with Crippen LogP contribution in [0.5, 0.6) is 0 Å². The molecular formula is C19H16ClF2NO2. The molecule has 25 heavy (non-hydrogen) atoms. The van der Waals surface area contributed by atoms with Crippen LogP contribution in [-0.4, -0.2) is 16.3 Å². The maximum atomic E-state index is 14.1.